The molecular formula is C15H20N4O. The van der Waals surface area contributed by atoms with E-state index in [0.717, 1.165) is 30.9 Å². The van der Waals surface area contributed by atoms with Crippen LogP contribution in [0.25, 0.3) is 0 Å². The molecule has 5 nitrogen and oxygen atoms in total. The van der Waals surface area contributed by atoms with Crippen molar-refractivity contribution in [2.45, 2.75) is 39.2 Å². The van der Waals surface area contributed by atoms with Gasteiger partial charge in [-0.05, 0) is 38.8 Å². The second-order valence-electron chi connectivity index (χ2n) is 5.05. The van der Waals surface area contributed by atoms with Crippen molar-refractivity contribution in [1.82, 2.24) is 9.88 Å². The Morgan fingerprint density at radius 2 is 2.30 bits per heavy atom. The van der Waals surface area contributed by atoms with E-state index in [1.54, 1.807) is 6.07 Å². The number of rotatable bonds is 6. The molecule has 1 fully saturated rings. The van der Waals surface area contributed by atoms with Crippen molar-refractivity contribution in [3.63, 3.8) is 0 Å². The molecule has 1 aromatic rings. The Morgan fingerprint density at radius 1 is 1.55 bits per heavy atom. The highest BCUT2D eigenvalue weighted by molar-refractivity contribution is 5.95. The maximum atomic E-state index is 12.6. The molecule has 1 amide bonds. The molecule has 0 saturated heterocycles. The number of nitriles is 1. The van der Waals surface area contributed by atoms with Gasteiger partial charge in [-0.3, -0.25) is 4.79 Å². The lowest BCUT2D eigenvalue weighted by atomic mass is 10.2. The molecule has 20 heavy (non-hydrogen) atoms. The third-order valence-electron chi connectivity index (χ3n) is 3.27. The molecule has 1 aromatic heterocycles. The first-order valence-electron chi connectivity index (χ1n) is 7.06. The van der Waals surface area contributed by atoms with Crippen molar-refractivity contribution >= 4 is 11.7 Å². The Kier molecular flexibility index (Phi) is 4.57. The zero-order valence-corrected chi connectivity index (χ0v) is 12.0. The van der Waals surface area contributed by atoms with Crippen LogP contribution in [0.15, 0.2) is 12.1 Å². The third kappa shape index (κ3) is 3.47. The van der Waals surface area contributed by atoms with Gasteiger partial charge in [0, 0.05) is 30.4 Å². The van der Waals surface area contributed by atoms with Crippen LogP contribution < -0.4 is 5.32 Å². The number of hydrogen-bond acceptors (Lipinski definition) is 4. The SMILES string of the molecule is CCNc1cc(C(=O)N(CCC#N)C2CC2)cc(C)n1. The second-order valence-corrected chi connectivity index (χ2v) is 5.05. The van der Waals surface area contributed by atoms with E-state index in [4.69, 9.17) is 5.26 Å². The van der Waals surface area contributed by atoms with Crippen molar-refractivity contribution in [3.05, 3.63) is 23.4 Å². The standard InChI is InChI=1S/C15H20N4O/c1-3-17-14-10-12(9-11(2)18-14)15(20)19(8-4-7-16)13-5-6-13/h9-10,13H,3-6,8H2,1-2H3,(H,17,18). The van der Waals surface area contributed by atoms with Crippen LogP contribution in [0, 0.1) is 18.3 Å². The molecule has 1 N–H and O–H groups in total. The Bertz CT molecular complexity index is 531. The van der Waals surface area contributed by atoms with Gasteiger partial charge >= 0.3 is 0 Å². The Hall–Kier alpha value is -2.09. The fraction of sp³-hybridized carbons (Fsp3) is 0.533. The molecule has 1 aliphatic carbocycles. The molecule has 106 valence electrons. The van der Waals surface area contributed by atoms with Gasteiger partial charge in [0.2, 0.25) is 0 Å². The summed E-state index contributed by atoms with van der Waals surface area (Å²) in [4.78, 5) is 18.8. The molecule has 0 aliphatic heterocycles. The van der Waals surface area contributed by atoms with Crippen LogP contribution >= 0.6 is 0 Å². The zero-order valence-electron chi connectivity index (χ0n) is 12.0. The highest BCUT2D eigenvalue weighted by Crippen LogP contribution is 2.28. The van der Waals surface area contributed by atoms with Crippen molar-refractivity contribution in [2.24, 2.45) is 0 Å². The van der Waals surface area contributed by atoms with Crippen molar-refractivity contribution < 1.29 is 4.79 Å². The normalized spacial score (nSPS) is 13.7. The van der Waals surface area contributed by atoms with Gasteiger partial charge in [0.1, 0.15) is 5.82 Å². The quantitative estimate of drug-likeness (QED) is 0.863. The molecular weight excluding hydrogens is 252 g/mol. The summed E-state index contributed by atoms with van der Waals surface area (Å²) in [7, 11) is 0. The van der Waals surface area contributed by atoms with E-state index < -0.39 is 0 Å². The summed E-state index contributed by atoms with van der Waals surface area (Å²) in [5.74, 6) is 0.735. The molecule has 0 radical (unpaired) electrons. The average molecular weight is 272 g/mol. The van der Waals surface area contributed by atoms with Crippen molar-refractivity contribution in [3.8, 4) is 6.07 Å². The van der Waals surface area contributed by atoms with Crippen LogP contribution in [0.2, 0.25) is 0 Å². The minimum Gasteiger partial charge on any atom is -0.370 e. The van der Waals surface area contributed by atoms with Gasteiger partial charge in [-0.1, -0.05) is 0 Å². The molecule has 5 heteroatoms. The Labute approximate surface area is 119 Å². The molecule has 1 heterocycles. The summed E-state index contributed by atoms with van der Waals surface area (Å²) in [6.45, 7) is 5.16. The van der Waals surface area contributed by atoms with Gasteiger partial charge in [-0.25, -0.2) is 4.98 Å². The summed E-state index contributed by atoms with van der Waals surface area (Å²) in [6.07, 6.45) is 2.47. The molecule has 0 aromatic carbocycles. The van der Waals surface area contributed by atoms with E-state index in [1.807, 2.05) is 24.8 Å². The summed E-state index contributed by atoms with van der Waals surface area (Å²) in [5.41, 5.74) is 1.47. The fourth-order valence-corrected chi connectivity index (χ4v) is 2.24. The molecule has 2 rings (SSSR count). The maximum absolute atomic E-state index is 12.6. The molecule has 0 atom stereocenters. The molecule has 0 unspecified atom stereocenters. The van der Waals surface area contributed by atoms with E-state index in [9.17, 15) is 4.79 Å². The number of hydrogen-bond donors (Lipinski definition) is 1. The first-order valence-corrected chi connectivity index (χ1v) is 7.06. The maximum Gasteiger partial charge on any atom is 0.254 e. The topological polar surface area (TPSA) is 69.0 Å². The first kappa shape index (κ1) is 14.3. The average Bonchev–Trinajstić information content (AvgIpc) is 3.23. The lowest BCUT2D eigenvalue weighted by Crippen LogP contribution is -2.34. The number of nitrogens with zero attached hydrogens (tertiary/aromatic N) is 3. The number of amides is 1. The highest BCUT2D eigenvalue weighted by Gasteiger charge is 2.32. The molecule has 1 aliphatic rings. The smallest absolute Gasteiger partial charge is 0.254 e. The largest absolute Gasteiger partial charge is 0.370 e. The van der Waals surface area contributed by atoms with Crippen LogP contribution in [0.1, 0.15) is 42.2 Å². The van der Waals surface area contributed by atoms with Crippen molar-refractivity contribution in [1.29, 1.82) is 5.26 Å². The van der Waals surface area contributed by atoms with Crippen LogP contribution in [0.4, 0.5) is 5.82 Å². The second kappa shape index (κ2) is 6.38. The van der Waals surface area contributed by atoms with Gasteiger partial charge in [-0.15, -0.1) is 0 Å². The highest BCUT2D eigenvalue weighted by atomic mass is 16.2. The van der Waals surface area contributed by atoms with E-state index in [-0.39, 0.29) is 5.91 Å². The van der Waals surface area contributed by atoms with Crippen LogP contribution in [-0.2, 0) is 0 Å². The van der Waals surface area contributed by atoms with Gasteiger partial charge in [0.15, 0.2) is 0 Å². The van der Waals surface area contributed by atoms with Crippen LogP contribution in [0.3, 0.4) is 0 Å². The van der Waals surface area contributed by atoms with Crippen molar-refractivity contribution in [2.75, 3.05) is 18.4 Å². The minimum atomic E-state index is 0.00685. The van der Waals surface area contributed by atoms with E-state index in [1.165, 1.54) is 0 Å². The number of pyridine rings is 1. The predicted molar refractivity (Wildman–Crippen MR) is 77.4 cm³/mol. The lowest BCUT2D eigenvalue weighted by Gasteiger charge is -2.21. The summed E-state index contributed by atoms with van der Waals surface area (Å²) < 4.78 is 0. The van der Waals surface area contributed by atoms with E-state index in [0.29, 0.717) is 24.6 Å². The van der Waals surface area contributed by atoms with Crippen LogP contribution in [0.5, 0.6) is 0 Å². The number of aryl methyl sites for hydroxylation is 1. The Balaban J connectivity index is 2.19. The monoisotopic (exact) mass is 272 g/mol. The first-order chi connectivity index (χ1) is 9.65. The van der Waals surface area contributed by atoms with Gasteiger partial charge in [0.05, 0.1) is 12.5 Å². The fourth-order valence-electron chi connectivity index (χ4n) is 2.24. The van der Waals surface area contributed by atoms with Crippen LogP contribution in [-0.4, -0.2) is 34.9 Å². The molecule has 0 bridgehead atoms. The van der Waals surface area contributed by atoms with E-state index in [2.05, 4.69) is 16.4 Å². The van der Waals surface area contributed by atoms with Gasteiger partial charge < -0.3 is 10.2 Å². The summed E-state index contributed by atoms with van der Waals surface area (Å²) >= 11 is 0. The van der Waals surface area contributed by atoms with Gasteiger partial charge in [-0.2, -0.15) is 5.26 Å². The molecule has 0 spiro atoms. The zero-order chi connectivity index (χ0) is 14.5. The predicted octanol–water partition coefficient (Wildman–Crippen LogP) is 2.34. The van der Waals surface area contributed by atoms with Gasteiger partial charge in [0.25, 0.3) is 5.91 Å². The summed E-state index contributed by atoms with van der Waals surface area (Å²) in [5, 5.41) is 11.9. The number of carbonyl (C=O) groups excluding carboxylic acids is 1. The van der Waals surface area contributed by atoms with E-state index >= 15 is 0 Å². The third-order valence-corrected chi connectivity index (χ3v) is 3.27. The minimum absolute atomic E-state index is 0.00685. The summed E-state index contributed by atoms with van der Waals surface area (Å²) in [6, 6.07) is 6.03. The number of aromatic nitrogens is 1. The Morgan fingerprint density at radius 3 is 2.90 bits per heavy atom. The number of anilines is 1. The molecule has 1 saturated carbocycles. The number of nitrogens with one attached hydrogen (secondary N) is 1. The number of carbonyl (C=O) groups is 1. The lowest BCUT2D eigenvalue weighted by molar-refractivity contribution is 0.0746.